The van der Waals surface area contributed by atoms with Gasteiger partial charge in [-0.2, -0.15) is 0 Å². The van der Waals surface area contributed by atoms with Crippen LogP contribution in [0, 0.1) is 6.92 Å². The van der Waals surface area contributed by atoms with E-state index in [1.165, 1.54) is 31.2 Å². The first-order valence-electron chi connectivity index (χ1n) is 7.39. The number of hydrogen-bond donors (Lipinski definition) is 2. The zero-order valence-electron chi connectivity index (χ0n) is 13.7. The van der Waals surface area contributed by atoms with Crippen molar-refractivity contribution >= 4 is 27.6 Å². The van der Waals surface area contributed by atoms with Crippen molar-refractivity contribution in [2.75, 3.05) is 4.72 Å². The fraction of sp³-hybridized carbons (Fsp3) is 0.176. The van der Waals surface area contributed by atoms with Crippen LogP contribution in [0.1, 0.15) is 22.8 Å². The first-order chi connectivity index (χ1) is 11.7. The highest BCUT2D eigenvalue weighted by molar-refractivity contribution is 7.92. The van der Waals surface area contributed by atoms with Crippen LogP contribution in [0.4, 0.5) is 5.69 Å². The van der Waals surface area contributed by atoms with E-state index in [1.807, 2.05) is 0 Å². The van der Waals surface area contributed by atoms with E-state index in [9.17, 15) is 18.0 Å². The third-order valence-electron chi connectivity index (χ3n) is 3.47. The van der Waals surface area contributed by atoms with Crippen molar-refractivity contribution in [3.05, 3.63) is 59.7 Å². The van der Waals surface area contributed by atoms with Gasteiger partial charge in [0.05, 0.1) is 16.1 Å². The Kier molecular flexibility index (Phi) is 5.43. The molecule has 0 aliphatic heterocycles. The van der Waals surface area contributed by atoms with Gasteiger partial charge in [0.25, 0.3) is 15.9 Å². The number of benzene rings is 2. The predicted molar refractivity (Wildman–Crippen MR) is 92.5 cm³/mol. The Balaban J connectivity index is 2.17. The SMILES string of the molecule is Cc1ccccc1NS(=O)(=O)c1ccc(C(=O)OC(C)C(N)=O)cc1. The molecular weight excluding hydrogens is 344 g/mol. The second kappa shape index (κ2) is 7.35. The molecule has 2 aromatic rings. The van der Waals surface area contributed by atoms with Crippen molar-refractivity contribution in [3.63, 3.8) is 0 Å². The average Bonchev–Trinajstić information content (AvgIpc) is 2.56. The monoisotopic (exact) mass is 362 g/mol. The summed E-state index contributed by atoms with van der Waals surface area (Å²) in [5.74, 6) is -1.53. The van der Waals surface area contributed by atoms with Crippen LogP contribution < -0.4 is 10.5 Å². The molecule has 132 valence electrons. The maximum Gasteiger partial charge on any atom is 0.338 e. The molecule has 0 saturated heterocycles. The number of aryl methyl sites for hydroxylation is 1. The molecule has 0 fully saturated rings. The van der Waals surface area contributed by atoms with Crippen LogP contribution in [0.25, 0.3) is 0 Å². The maximum absolute atomic E-state index is 12.4. The van der Waals surface area contributed by atoms with E-state index in [4.69, 9.17) is 10.5 Å². The zero-order chi connectivity index (χ0) is 18.6. The summed E-state index contributed by atoms with van der Waals surface area (Å²) in [5.41, 5.74) is 6.40. The highest BCUT2D eigenvalue weighted by Crippen LogP contribution is 2.20. The number of rotatable bonds is 6. The zero-order valence-corrected chi connectivity index (χ0v) is 14.5. The molecule has 0 aromatic heterocycles. The van der Waals surface area contributed by atoms with Gasteiger partial charge in [-0.3, -0.25) is 9.52 Å². The summed E-state index contributed by atoms with van der Waals surface area (Å²) in [6.07, 6.45) is -1.07. The molecule has 0 aliphatic rings. The van der Waals surface area contributed by atoms with E-state index in [1.54, 1.807) is 31.2 Å². The molecule has 2 rings (SSSR count). The molecule has 1 atom stereocenters. The Morgan fingerprint density at radius 2 is 1.68 bits per heavy atom. The lowest BCUT2D eigenvalue weighted by Gasteiger charge is -2.12. The van der Waals surface area contributed by atoms with Crippen molar-refractivity contribution in [1.82, 2.24) is 0 Å². The molecule has 0 aliphatic carbocycles. The Bertz CT molecular complexity index is 892. The minimum absolute atomic E-state index is 0.00440. The summed E-state index contributed by atoms with van der Waals surface area (Å²) in [4.78, 5) is 22.8. The summed E-state index contributed by atoms with van der Waals surface area (Å²) in [6.45, 7) is 3.14. The molecule has 2 aromatic carbocycles. The number of carbonyl (C=O) groups excluding carboxylic acids is 2. The maximum atomic E-state index is 12.4. The summed E-state index contributed by atoms with van der Waals surface area (Å²) in [6, 6.07) is 12.2. The average molecular weight is 362 g/mol. The van der Waals surface area contributed by atoms with Crippen LogP contribution in [0.3, 0.4) is 0 Å². The Morgan fingerprint density at radius 3 is 2.24 bits per heavy atom. The minimum Gasteiger partial charge on any atom is -0.449 e. The highest BCUT2D eigenvalue weighted by Gasteiger charge is 2.19. The van der Waals surface area contributed by atoms with Crippen LogP contribution >= 0.6 is 0 Å². The van der Waals surface area contributed by atoms with Crippen molar-refractivity contribution in [3.8, 4) is 0 Å². The molecule has 1 amide bonds. The van der Waals surface area contributed by atoms with Crippen molar-refractivity contribution in [2.45, 2.75) is 24.8 Å². The van der Waals surface area contributed by atoms with Gasteiger partial charge in [-0.15, -0.1) is 0 Å². The standard InChI is InChI=1S/C17H18N2O5S/c1-11-5-3-4-6-15(11)19-25(22,23)14-9-7-13(8-10-14)17(21)24-12(2)16(18)20/h3-10,12,19H,1-2H3,(H2,18,20). The summed E-state index contributed by atoms with van der Waals surface area (Å²) in [5, 5.41) is 0. The Hall–Kier alpha value is -2.87. The third kappa shape index (κ3) is 4.57. The van der Waals surface area contributed by atoms with Crippen LogP contribution in [-0.4, -0.2) is 26.4 Å². The lowest BCUT2D eigenvalue weighted by molar-refractivity contribution is -0.125. The number of para-hydroxylation sites is 1. The number of hydrogen-bond acceptors (Lipinski definition) is 5. The number of ether oxygens (including phenoxy) is 1. The van der Waals surface area contributed by atoms with Gasteiger partial charge in [0.15, 0.2) is 6.10 Å². The first kappa shape index (κ1) is 18.5. The molecule has 0 spiro atoms. The predicted octanol–water partition coefficient (Wildman–Crippen LogP) is 1.83. The highest BCUT2D eigenvalue weighted by atomic mass is 32.2. The summed E-state index contributed by atoms with van der Waals surface area (Å²) < 4.78 is 32.2. The number of sulfonamides is 1. The quantitative estimate of drug-likeness (QED) is 0.761. The minimum atomic E-state index is -3.79. The molecular formula is C17H18N2O5S. The normalized spacial score (nSPS) is 12.2. The summed E-state index contributed by atoms with van der Waals surface area (Å²) in [7, 11) is -3.79. The van der Waals surface area contributed by atoms with E-state index >= 15 is 0 Å². The molecule has 1 unspecified atom stereocenters. The van der Waals surface area contributed by atoms with E-state index in [-0.39, 0.29) is 10.5 Å². The molecule has 3 N–H and O–H groups in total. The van der Waals surface area contributed by atoms with Gasteiger partial charge in [0, 0.05) is 0 Å². The van der Waals surface area contributed by atoms with Gasteiger partial charge >= 0.3 is 5.97 Å². The molecule has 25 heavy (non-hydrogen) atoms. The van der Waals surface area contributed by atoms with Gasteiger partial charge in [0.2, 0.25) is 0 Å². The lowest BCUT2D eigenvalue weighted by atomic mass is 10.2. The van der Waals surface area contributed by atoms with E-state index < -0.39 is 28.0 Å². The molecule has 0 heterocycles. The van der Waals surface area contributed by atoms with E-state index in [0.29, 0.717) is 5.69 Å². The van der Waals surface area contributed by atoms with Crippen molar-refractivity contribution in [2.24, 2.45) is 5.73 Å². The van der Waals surface area contributed by atoms with Gasteiger partial charge < -0.3 is 10.5 Å². The number of primary amides is 1. The summed E-state index contributed by atoms with van der Waals surface area (Å²) >= 11 is 0. The fourth-order valence-electron chi connectivity index (χ4n) is 1.95. The Morgan fingerprint density at radius 1 is 1.08 bits per heavy atom. The number of carbonyl (C=O) groups is 2. The molecule has 0 radical (unpaired) electrons. The van der Waals surface area contributed by atoms with Crippen LogP contribution in [0.15, 0.2) is 53.4 Å². The van der Waals surface area contributed by atoms with Crippen LogP contribution in [0.2, 0.25) is 0 Å². The molecule has 7 nitrogen and oxygen atoms in total. The van der Waals surface area contributed by atoms with Crippen molar-refractivity contribution < 1.29 is 22.7 Å². The fourth-order valence-corrected chi connectivity index (χ4v) is 3.08. The molecule has 0 saturated carbocycles. The van der Waals surface area contributed by atoms with Gasteiger partial charge in [0.1, 0.15) is 0 Å². The number of nitrogens with two attached hydrogens (primary N) is 1. The first-order valence-corrected chi connectivity index (χ1v) is 8.88. The smallest absolute Gasteiger partial charge is 0.338 e. The van der Waals surface area contributed by atoms with Gasteiger partial charge in [-0.05, 0) is 49.7 Å². The van der Waals surface area contributed by atoms with E-state index in [0.717, 1.165) is 5.56 Å². The Labute approximate surface area is 145 Å². The van der Waals surface area contributed by atoms with Gasteiger partial charge in [-0.1, -0.05) is 18.2 Å². The van der Waals surface area contributed by atoms with Crippen molar-refractivity contribution in [1.29, 1.82) is 0 Å². The number of anilines is 1. The molecule has 8 heteroatoms. The molecule has 0 bridgehead atoms. The number of nitrogens with one attached hydrogen (secondary N) is 1. The second-order valence-corrected chi connectivity index (χ2v) is 7.08. The third-order valence-corrected chi connectivity index (χ3v) is 4.86. The van der Waals surface area contributed by atoms with Crippen LogP contribution in [-0.2, 0) is 19.6 Å². The lowest BCUT2D eigenvalue weighted by Crippen LogP contribution is -2.30. The van der Waals surface area contributed by atoms with Gasteiger partial charge in [-0.25, -0.2) is 13.2 Å². The number of esters is 1. The topological polar surface area (TPSA) is 116 Å². The number of amides is 1. The second-order valence-electron chi connectivity index (χ2n) is 5.39. The van der Waals surface area contributed by atoms with Crippen LogP contribution in [0.5, 0.6) is 0 Å². The largest absolute Gasteiger partial charge is 0.449 e. The van der Waals surface area contributed by atoms with E-state index in [2.05, 4.69) is 4.72 Å².